The van der Waals surface area contributed by atoms with E-state index in [9.17, 15) is 4.79 Å². The van der Waals surface area contributed by atoms with E-state index in [-0.39, 0.29) is 11.9 Å². The molecule has 0 radical (unpaired) electrons. The molecule has 2 unspecified atom stereocenters. The maximum Gasteiger partial charge on any atom is 0.248 e. The van der Waals surface area contributed by atoms with Gasteiger partial charge in [0, 0.05) is 11.6 Å². The molecular formula is C10H16N2O. The highest BCUT2D eigenvalue weighted by Gasteiger charge is 2.18. The molecule has 1 aliphatic carbocycles. The molecule has 13 heavy (non-hydrogen) atoms. The Bertz CT molecular complexity index is 277. The fourth-order valence-electron chi connectivity index (χ4n) is 1.56. The van der Waals surface area contributed by atoms with Crippen LogP contribution in [0, 0.1) is 5.92 Å². The van der Waals surface area contributed by atoms with Gasteiger partial charge in [-0.25, -0.2) is 0 Å². The molecule has 0 aromatic heterocycles. The molecule has 0 saturated heterocycles. The number of carbonyl (C=O) groups is 1. The third-order valence-electron chi connectivity index (χ3n) is 2.42. The summed E-state index contributed by atoms with van der Waals surface area (Å²) in [6.07, 6.45) is 4.73. The molecule has 1 rings (SSSR count). The average Bonchev–Trinajstić information content (AvgIpc) is 2.03. The molecule has 0 heterocycles. The number of rotatable bonds is 2. The van der Waals surface area contributed by atoms with E-state index in [0.717, 1.165) is 12.0 Å². The minimum Gasteiger partial charge on any atom is -0.366 e. The van der Waals surface area contributed by atoms with E-state index in [1.807, 2.05) is 26.0 Å². The van der Waals surface area contributed by atoms with Crippen molar-refractivity contribution in [2.24, 2.45) is 17.4 Å². The number of primary amides is 1. The van der Waals surface area contributed by atoms with Crippen LogP contribution in [-0.4, -0.2) is 11.9 Å². The van der Waals surface area contributed by atoms with Crippen molar-refractivity contribution in [2.45, 2.75) is 26.3 Å². The van der Waals surface area contributed by atoms with Crippen LogP contribution in [0.3, 0.4) is 0 Å². The number of hydrogen-bond donors (Lipinski definition) is 2. The summed E-state index contributed by atoms with van der Waals surface area (Å²) in [6, 6.07) is 0.126. The van der Waals surface area contributed by atoms with Gasteiger partial charge in [0.25, 0.3) is 0 Å². The molecule has 1 aliphatic rings. The standard InChI is InChI=1S/C10H16N2O/c1-6-5-8(7(2)11)3-4-9(6)10(12)13/h4-5,7-8H,3,11H2,1-2H3,(H2,12,13). The van der Waals surface area contributed by atoms with Gasteiger partial charge in [-0.3, -0.25) is 4.79 Å². The zero-order valence-electron chi connectivity index (χ0n) is 8.08. The zero-order valence-corrected chi connectivity index (χ0v) is 8.08. The van der Waals surface area contributed by atoms with Crippen molar-refractivity contribution in [1.29, 1.82) is 0 Å². The molecule has 4 N–H and O–H groups in total. The molecule has 72 valence electrons. The van der Waals surface area contributed by atoms with Crippen LogP contribution < -0.4 is 11.5 Å². The fraction of sp³-hybridized carbons (Fsp3) is 0.500. The van der Waals surface area contributed by atoms with Gasteiger partial charge < -0.3 is 11.5 Å². The van der Waals surface area contributed by atoms with Gasteiger partial charge in [0.1, 0.15) is 0 Å². The quantitative estimate of drug-likeness (QED) is 0.657. The first-order valence-electron chi connectivity index (χ1n) is 4.46. The number of carbonyl (C=O) groups excluding carboxylic acids is 1. The van der Waals surface area contributed by atoms with E-state index < -0.39 is 0 Å². The van der Waals surface area contributed by atoms with E-state index in [0.29, 0.717) is 11.5 Å². The zero-order chi connectivity index (χ0) is 10.0. The smallest absolute Gasteiger partial charge is 0.248 e. The average molecular weight is 180 g/mol. The first kappa shape index (κ1) is 9.99. The Labute approximate surface area is 78.5 Å². The Hall–Kier alpha value is -1.09. The summed E-state index contributed by atoms with van der Waals surface area (Å²) in [5.41, 5.74) is 12.5. The van der Waals surface area contributed by atoms with E-state index in [1.54, 1.807) is 0 Å². The summed E-state index contributed by atoms with van der Waals surface area (Å²) in [5.74, 6) is -0.0139. The predicted molar refractivity (Wildman–Crippen MR) is 52.8 cm³/mol. The van der Waals surface area contributed by atoms with Crippen molar-refractivity contribution in [1.82, 2.24) is 0 Å². The normalized spacial score (nSPS) is 24.7. The molecule has 0 bridgehead atoms. The minimum absolute atomic E-state index is 0.126. The second-order valence-corrected chi connectivity index (χ2v) is 3.59. The summed E-state index contributed by atoms with van der Waals surface area (Å²) in [5, 5.41) is 0. The number of hydrogen-bond acceptors (Lipinski definition) is 2. The third kappa shape index (κ3) is 2.18. The second kappa shape index (κ2) is 3.75. The summed E-state index contributed by atoms with van der Waals surface area (Å²) < 4.78 is 0. The molecule has 2 atom stereocenters. The first-order chi connectivity index (χ1) is 6.02. The van der Waals surface area contributed by atoms with Crippen LogP contribution in [0.25, 0.3) is 0 Å². The van der Waals surface area contributed by atoms with Crippen LogP contribution in [0.1, 0.15) is 20.3 Å². The van der Waals surface area contributed by atoms with Gasteiger partial charge >= 0.3 is 0 Å². The van der Waals surface area contributed by atoms with Crippen molar-refractivity contribution >= 4 is 5.91 Å². The molecule has 0 spiro atoms. The number of allylic oxidation sites excluding steroid dienone is 1. The highest BCUT2D eigenvalue weighted by atomic mass is 16.1. The van der Waals surface area contributed by atoms with E-state index in [4.69, 9.17) is 11.5 Å². The fourth-order valence-corrected chi connectivity index (χ4v) is 1.56. The Morgan fingerprint density at radius 2 is 2.31 bits per heavy atom. The van der Waals surface area contributed by atoms with Crippen LogP contribution in [0.2, 0.25) is 0 Å². The molecule has 0 fully saturated rings. The predicted octanol–water partition coefficient (Wildman–Crippen LogP) is 0.712. The van der Waals surface area contributed by atoms with Crippen LogP contribution in [0.15, 0.2) is 23.3 Å². The summed E-state index contributed by atoms with van der Waals surface area (Å²) in [6.45, 7) is 3.86. The van der Waals surface area contributed by atoms with Crippen molar-refractivity contribution < 1.29 is 4.79 Å². The summed E-state index contributed by atoms with van der Waals surface area (Å²) >= 11 is 0. The maximum atomic E-state index is 10.9. The van der Waals surface area contributed by atoms with Gasteiger partial charge in [0.05, 0.1) is 0 Å². The largest absolute Gasteiger partial charge is 0.366 e. The van der Waals surface area contributed by atoms with Gasteiger partial charge in [-0.1, -0.05) is 12.2 Å². The monoisotopic (exact) mass is 180 g/mol. The van der Waals surface area contributed by atoms with Crippen LogP contribution >= 0.6 is 0 Å². The lowest BCUT2D eigenvalue weighted by Gasteiger charge is -2.21. The molecular weight excluding hydrogens is 164 g/mol. The van der Waals surface area contributed by atoms with Crippen molar-refractivity contribution in [2.75, 3.05) is 0 Å². The molecule has 0 aromatic carbocycles. The van der Waals surface area contributed by atoms with Crippen molar-refractivity contribution in [3.05, 3.63) is 23.3 Å². The molecule has 0 aliphatic heterocycles. The Morgan fingerprint density at radius 3 is 2.69 bits per heavy atom. The number of amides is 1. The van der Waals surface area contributed by atoms with Gasteiger partial charge in [0.15, 0.2) is 0 Å². The molecule has 0 saturated carbocycles. The highest BCUT2D eigenvalue weighted by molar-refractivity contribution is 5.96. The van der Waals surface area contributed by atoms with E-state index in [2.05, 4.69) is 0 Å². The van der Waals surface area contributed by atoms with Crippen LogP contribution in [0.4, 0.5) is 0 Å². The first-order valence-corrected chi connectivity index (χ1v) is 4.46. The Balaban J connectivity index is 2.80. The lowest BCUT2D eigenvalue weighted by atomic mass is 9.87. The van der Waals surface area contributed by atoms with E-state index in [1.165, 1.54) is 0 Å². The maximum absolute atomic E-state index is 10.9. The summed E-state index contributed by atoms with van der Waals surface area (Å²) in [7, 11) is 0. The van der Waals surface area contributed by atoms with Crippen molar-refractivity contribution in [3.8, 4) is 0 Å². The molecule has 3 nitrogen and oxygen atoms in total. The van der Waals surface area contributed by atoms with Gasteiger partial charge in [-0.2, -0.15) is 0 Å². The van der Waals surface area contributed by atoms with Gasteiger partial charge in [-0.05, 0) is 31.8 Å². The van der Waals surface area contributed by atoms with Gasteiger partial charge in [-0.15, -0.1) is 0 Å². The van der Waals surface area contributed by atoms with Gasteiger partial charge in [0.2, 0.25) is 5.91 Å². The molecule has 1 amide bonds. The Kier molecular flexibility index (Phi) is 2.88. The van der Waals surface area contributed by atoms with E-state index >= 15 is 0 Å². The third-order valence-corrected chi connectivity index (χ3v) is 2.42. The lowest BCUT2D eigenvalue weighted by Crippen LogP contribution is -2.27. The van der Waals surface area contributed by atoms with Crippen LogP contribution in [0.5, 0.6) is 0 Å². The van der Waals surface area contributed by atoms with Crippen LogP contribution in [-0.2, 0) is 4.79 Å². The second-order valence-electron chi connectivity index (χ2n) is 3.59. The highest BCUT2D eigenvalue weighted by Crippen LogP contribution is 2.23. The topological polar surface area (TPSA) is 69.1 Å². The number of nitrogens with two attached hydrogens (primary N) is 2. The Morgan fingerprint density at radius 1 is 1.69 bits per heavy atom. The molecule has 3 heteroatoms. The lowest BCUT2D eigenvalue weighted by molar-refractivity contribution is -0.114. The van der Waals surface area contributed by atoms with Crippen molar-refractivity contribution in [3.63, 3.8) is 0 Å². The summed E-state index contributed by atoms with van der Waals surface area (Å²) in [4.78, 5) is 10.9. The molecule has 0 aromatic rings. The minimum atomic E-state index is -0.350. The SMILES string of the molecule is CC1=CC(C(C)N)CC=C1C(N)=O.